The van der Waals surface area contributed by atoms with E-state index in [1.54, 1.807) is 0 Å². The summed E-state index contributed by atoms with van der Waals surface area (Å²) in [6, 6.07) is 10.1. The van der Waals surface area contributed by atoms with Gasteiger partial charge in [-0.2, -0.15) is 4.73 Å². The van der Waals surface area contributed by atoms with E-state index >= 15 is 0 Å². The normalized spacial score (nSPS) is 11.4. The molecule has 0 fully saturated rings. The molecule has 1 aromatic heterocycles. The van der Waals surface area contributed by atoms with Crippen molar-refractivity contribution < 1.29 is 28.4 Å². The fourth-order valence-electron chi connectivity index (χ4n) is 2.78. The second kappa shape index (κ2) is 8.52. The number of hydrogen-bond donors (Lipinski definition) is 1. The Morgan fingerprint density at radius 2 is 1.97 bits per heavy atom. The summed E-state index contributed by atoms with van der Waals surface area (Å²) in [7, 11) is 1.12. The lowest BCUT2D eigenvalue weighted by Gasteiger charge is -2.10. The van der Waals surface area contributed by atoms with E-state index in [9.17, 15) is 28.9 Å². The van der Waals surface area contributed by atoms with Crippen molar-refractivity contribution in [2.75, 3.05) is 7.11 Å². The number of esters is 1. The van der Waals surface area contributed by atoms with Crippen molar-refractivity contribution in [1.82, 2.24) is 4.73 Å². The van der Waals surface area contributed by atoms with Gasteiger partial charge in [0.15, 0.2) is 5.49 Å². The second-order valence-electron chi connectivity index (χ2n) is 6.12. The molecule has 30 heavy (non-hydrogen) atoms. The number of hydrogen-bond acceptors (Lipinski definition) is 6. The van der Waals surface area contributed by atoms with Crippen LogP contribution in [0.5, 0.6) is 0 Å². The molecule has 154 valence electrons. The van der Waals surface area contributed by atoms with Crippen LogP contribution in [0.2, 0.25) is 0 Å². The first kappa shape index (κ1) is 20.6. The molecule has 8 nitrogen and oxygen atoms in total. The lowest BCUT2D eigenvalue weighted by atomic mass is 9.98. The number of halogens is 2. The minimum Gasteiger partial charge on any atom is -0.465 e. The second-order valence-corrected chi connectivity index (χ2v) is 6.12. The highest BCUT2D eigenvalue weighted by molar-refractivity contribution is 5.97. The Morgan fingerprint density at radius 1 is 1.20 bits per heavy atom. The van der Waals surface area contributed by atoms with Crippen molar-refractivity contribution in [2.24, 2.45) is 4.99 Å². The first-order chi connectivity index (χ1) is 14.3. The molecule has 3 rings (SSSR count). The van der Waals surface area contributed by atoms with Crippen molar-refractivity contribution in [3.63, 3.8) is 0 Å². The molecule has 2 aromatic carbocycles. The molecular formula is C20H15F2N3O5. The van der Waals surface area contributed by atoms with Crippen LogP contribution in [0.15, 0.2) is 59.7 Å². The zero-order valence-corrected chi connectivity index (χ0v) is 15.6. The zero-order valence-electron chi connectivity index (χ0n) is 15.6. The summed E-state index contributed by atoms with van der Waals surface area (Å²) in [5.74, 6) is -2.37. The monoisotopic (exact) mass is 415 g/mol. The minimum absolute atomic E-state index is 0.126. The molecule has 0 unspecified atom stereocenters. The Balaban J connectivity index is 1.97. The van der Waals surface area contributed by atoms with Gasteiger partial charge in [-0.05, 0) is 23.3 Å². The van der Waals surface area contributed by atoms with Crippen LogP contribution in [0.1, 0.15) is 15.9 Å². The van der Waals surface area contributed by atoms with E-state index in [4.69, 9.17) is 0 Å². The molecule has 0 radical (unpaired) electrons. The third-order valence-corrected chi connectivity index (χ3v) is 4.29. The molecule has 0 saturated carbocycles. The van der Waals surface area contributed by atoms with Crippen molar-refractivity contribution in [3.05, 3.63) is 93.1 Å². The number of ether oxygens (including phenoxy) is 1. The molecule has 3 aromatic rings. The fraction of sp³-hybridized carbons (Fsp3) is 0.100. The molecule has 1 heterocycles. The van der Waals surface area contributed by atoms with Crippen LogP contribution in [0.3, 0.4) is 0 Å². The topological polar surface area (TPSA) is 107 Å². The van der Waals surface area contributed by atoms with Crippen molar-refractivity contribution in [2.45, 2.75) is 6.54 Å². The molecule has 0 saturated heterocycles. The van der Waals surface area contributed by atoms with Gasteiger partial charge in [-0.3, -0.25) is 15.1 Å². The van der Waals surface area contributed by atoms with Crippen molar-refractivity contribution >= 4 is 11.7 Å². The summed E-state index contributed by atoms with van der Waals surface area (Å²) in [6.45, 7) is -0.221. The quantitative estimate of drug-likeness (QED) is 0.297. The van der Waals surface area contributed by atoms with Gasteiger partial charge in [0, 0.05) is 11.6 Å². The van der Waals surface area contributed by atoms with Gasteiger partial charge >= 0.3 is 5.97 Å². The van der Waals surface area contributed by atoms with Gasteiger partial charge in [0.2, 0.25) is 0 Å². The molecule has 0 aliphatic heterocycles. The van der Waals surface area contributed by atoms with Crippen LogP contribution in [0, 0.1) is 21.7 Å². The Kier molecular flexibility index (Phi) is 5.86. The number of nitro groups is 1. The number of methoxy groups -OCH3 is 1. The van der Waals surface area contributed by atoms with Crippen LogP contribution >= 0.6 is 0 Å². The Labute approximate surface area is 168 Å². The minimum atomic E-state index is -0.888. The molecule has 0 atom stereocenters. The van der Waals surface area contributed by atoms with Crippen LogP contribution < -0.4 is 5.49 Å². The molecule has 0 aliphatic carbocycles. The largest absolute Gasteiger partial charge is 0.465 e. The van der Waals surface area contributed by atoms with E-state index in [0.29, 0.717) is 4.73 Å². The summed E-state index contributed by atoms with van der Waals surface area (Å²) in [5.41, 5.74) is -0.182. The molecule has 0 spiro atoms. The van der Waals surface area contributed by atoms with Crippen LogP contribution in [-0.4, -0.2) is 27.9 Å². The van der Waals surface area contributed by atoms with Gasteiger partial charge in [-0.25, -0.2) is 13.6 Å². The van der Waals surface area contributed by atoms with Gasteiger partial charge < -0.3 is 9.94 Å². The first-order valence-electron chi connectivity index (χ1n) is 8.54. The van der Waals surface area contributed by atoms with E-state index < -0.39 is 22.5 Å². The summed E-state index contributed by atoms with van der Waals surface area (Å²) in [6.07, 6.45) is 1.05. The van der Waals surface area contributed by atoms with Gasteiger partial charge in [0.25, 0.3) is 5.69 Å². The van der Waals surface area contributed by atoms with Gasteiger partial charge in [-0.15, -0.1) is 0 Å². The van der Waals surface area contributed by atoms with Crippen molar-refractivity contribution in [1.29, 1.82) is 0 Å². The number of rotatable bonds is 5. The van der Waals surface area contributed by atoms with Gasteiger partial charge in [0.1, 0.15) is 17.2 Å². The average molecular weight is 415 g/mol. The average Bonchev–Trinajstić information content (AvgIpc) is 2.73. The third kappa shape index (κ3) is 4.17. The smallest absolute Gasteiger partial charge is 0.341 e. The SMILES string of the molecule is COC(=O)c1c(F)cccc1-c1ccc(CN=c2cc([N+](=O)[O-])ccn2O)c(F)c1. The maximum absolute atomic E-state index is 14.6. The maximum atomic E-state index is 14.6. The standard InChI is InChI=1S/C20H15F2N3O5/c1-30-20(26)19-15(3-2-4-16(19)21)12-5-6-13(17(22)9-12)11-23-18-10-14(25(28)29)7-8-24(18)27/h2-10,27H,11H2,1H3. The first-order valence-corrected chi connectivity index (χ1v) is 8.54. The molecular weight excluding hydrogens is 400 g/mol. The summed E-state index contributed by atoms with van der Waals surface area (Å²) in [4.78, 5) is 26.1. The van der Waals surface area contributed by atoms with Crippen molar-refractivity contribution in [3.8, 4) is 11.1 Å². The molecule has 10 heteroatoms. The van der Waals surface area contributed by atoms with E-state index in [-0.39, 0.29) is 40.0 Å². The van der Waals surface area contributed by atoms with E-state index in [1.807, 2.05) is 0 Å². The van der Waals surface area contributed by atoms with Crippen LogP contribution in [-0.2, 0) is 11.3 Å². The number of carbonyl (C=O) groups is 1. The predicted molar refractivity (Wildman–Crippen MR) is 101 cm³/mol. The van der Waals surface area contributed by atoms with E-state index in [0.717, 1.165) is 37.6 Å². The van der Waals surface area contributed by atoms with Crippen LogP contribution in [0.25, 0.3) is 11.1 Å². The lowest BCUT2D eigenvalue weighted by Crippen LogP contribution is -2.18. The predicted octanol–water partition coefficient (Wildman–Crippen LogP) is 3.47. The van der Waals surface area contributed by atoms with E-state index in [2.05, 4.69) is 9.73 Å². The van der Waals surface area contributed by atoms with E-state index in [1.165, 1.54) is 24.3 Å². The summed E-state index contributed by atoms with van der Waals surface area (Å²) in [5, 5.41) is 20.6. The fourth-order valence-corrected chi connectivity index (χ4v) is 2.78. The Morgan fingerprint density at radius 3 is 2.63 bits per heavy atom. The van der Waals surface area contributed by atoms with Gasteiger partial charge in [-0.1, -0.05) is 24.3 Å². The number of benzene rings is 2. The maximum Gasteiger partial charge on any atom is 0.341 e. The Bertz CT molecular complexity index is 1210. The Hall–Kier alpha value is -4.08. The molecule has 1 N–H and O–H groups in total. The molecule has 0 aliphatic rings. The molecule has 0 amide bonds. The third-order valence-electron chi connectivity index (χ3n) is 4.29. The molecule has 0 bridgehead atoms. The number of pyridine rings is 1. The number of aromatic nitrogens is 1. The lowest BCUT2D eigenvalue weighted by molar-refractivity contribution is -0.385. The highest BCUT2D eigenvalue weighted by atomic mass is 19.1. The zero-order chi connectivity index (χ0) is 21.8. The number of carbonyl (C=O) groups excluding carboxylic acids is 1. The summed E-state index contributed by atoms with van der Waals surface area (Å²) < 4.78 is 33.9. The van der Waals surface area contributed by atoms with Crippen LogP contribution in [0.4, 0.5) is 14.5 Å². The summed E-state index contributed by atoms with van der Waals surface area (Å²) >= 11 is 0. The van der Waals surface area contributed by atoms with Gasteiger partial charge in [0.05, 0.1) is 30.8 Å². The highest BCUT2D eigenvalue weighted by Crippen LogP contribution is 2.28. The number of nitrogens with zero attached hydrogens (tertiary/aromatic N) is 3. The highest BCUT2D eigenvalue weighted by Gasteiger charge is 2.19.